The number of nitrogens with one attached hydrogen (secondary N) is 1. The van der Waals surface area contributed by atoms with Crippen LogP contribution in [0.25, 0.3) is 21.5 Å². The highest BCUT2D eigenvalue weighted by atomic mass is 32.1. The van der Waals surface area contributed by atoms with Gasteiger partial charge in [0.2, 0.25) is 5.95 Å². The molecule has 0 aliphatic heterocycles. The van der Waals surface area contributed by atoms with Crippen molar-refractivity contribution in [1.82, 2.24) is 9.97 Å². The fourth-order valence-electron chi connectivity index (χ4n) is 2.06. The first-order valence-corrected chi connectivity index (χ1v) is 6.94. The van der Waals surface area contributed by atoms with E-state index < -0.39 is 0 Å². The number of hydrogen-bond donors (Lipinski definition) is 2. The third-order valence-corrected chi connectivity index (χ3v) is 4.09. The predicted octanol–water partition coefficient (Wildman–Crippen LogP) is 2.93. The molecule has 21 heavy (non-hydrogen) atoms. The number of benzene rings is 1. The van der Waals surface area contributed by atoms with Crippen molar-refractivity contribution >= 4 is 39.5 Å². The number of halogens is 1. The molecule has 0 saturated carbocycles. The molecule has 0 atom stereocenters. The Hall–Kier alpha value is -2.54. The van der Waals surface area contributed by atoms with Crippen LogP contribution in [-0.2, 0) is 0 Å². The van der Waals surface area contributed by atoms with Crippen molar-refractivity contribution in [3.63, 3.8) is 0 Å². The molecule has 0 aliphatic carbocycles. The van der Waals surface area contributed by atoms with E-state index >= 15 is 0 Å². The minimum Gasteiger partial charge on any atom is -0.397 e. The molecule has 2 aromatic heterocycles. The molecule has 3 N–H and O–H groups in total. The summed E-state index contributed by atoms with van der Waals surface area (Å²) in [4.78, 5) is 20.8. The van der Waals surface area contributed by atoms with Crippen LogP contribution in [0.2, 0.25) is 0 Å². The summed E-state index contributed by atoms with van der Waals surface area (Å²) in [6, 6.07) is 5.94. The van der Waals surface area contributed by atoms with Crippen LogP contribution in [-0.4, -0.2) is 23.3 Å². The van der Waals surface area contributed by atoms with Crippen LogP contribution in [0.1, 0.15) is 9.67 Å². The Morgan fingerprint density at radius 1 is 1.29 bits per heavy atom. The van der Waals surface area contributed by atoms with Gasteiger partial charge in [0.05, 0.1) is 21.6 Å². The lowest BCUT2D eigenvalue weighted by Gasteiger charge is -2.06. The van der Waals surface area contributed by atoms with E-state index in [0.717, 1.165) is 0 Å². The van der Waals surface area contributed by atoms with E-state index in [9.17, 15) is 9.18 Å². The summed E-state index contributed by atoms with van der Waals surface area (Å²) in [6.45, 7) is 0. The number of thiophene rings is 1. The van der Waals surface area contributed by atoms with Crippen molar-refractivity contribution in [1.29, 1.82) is 0 Å². The molecular formula is C14H11FN4OS. The van der Waals surface area contributed by atoms with Crippen LogP contribution in [0, 0.1) is 5.82 Å². The van der Waals surface area contributed by atoms with Gasteiger partial charge in [-0.3, -0.25) is 4.79 Å². The van der Waals surface area contributed by atoms with E-state index in [-0.39, 0.29) is 5.82 Å². The highest BCUT2D eigenvalue weighted by Gasteiger charge is 2.17. The van der Waals surface area contributed by atoms with E-state index in [4.69, 9.17) is 5.73 Å². The number of carbonyl (C=O) groups excluding carboxylic acids is 1. The molecule has 5 nitrogen and oxygen atoms in total. The highest BCUT2D eigenvalue weighted by Crippen LogP contribution is 2.38. The molecule has 0 amide bonds. The Labute approximate surface area is 123 Å². The Kier molecular flexibility index (Phi) is 3.26. The highest BCUT2D eigenvalue weighted by molar-refractivity contribution is 7.21. The first kappa shape index (κ1) is 13.4. The summed E-state index contributed by atoms with van der Waals surface area (Å²) in [5.41, 5.74) is 7.65. The van der Waals surface area contributed by atoms with E-state index in [0.29, 0.717) is 44.3 Å². The van der Waals surface area contributed by atoms with Gasteiger partial charge in [0.15, 0.2) is 6.29 Å². The molecule has 7 heteroatoms. The van der Waals surface area contributed by atoms with Crippen LogP contribution in [0.3, 0.4) is 0 Å². The number of fused-ring (bicyclic) bond motifs is 1. The van der Waals surface area contributed by atoms with Crippen LogP contribution < -0.4 is 11.1 Å². The van der Waals surface area contributed by atoms with Crippen molar-refractivity contribution in [3.05, 3.63) is 35.0 Å². The maximum absolute atomic E-state index is 13.1. The first-order valence-electron chi connectivity index (χ1n) is 6.13. The largest absolute Gasteiger partial charge is 0.397 e. The minimum atomic E-state index is -0.329. The fourth-order valence-corrected chi connectivity index (χ4v) is 2.96. The minimum absolute atomic E-state index is 0.329. The lowest BCUT2D eigenvalue weighted by molar-refractivity contribution is 0.112. The van der Waals surface area contributed by atoms with E-state index in [1.54, 1.807) is 19.2 Å². The smallest absolute Gasteiger partial charge is 0.224 e. The third-order valence-electron chi connectivity index (χ3n) is 3.07. The number of nitrogens with two attached hydrogens (primary N) is 1. The summed E-state index contributed by atoms with van der Waals surface area (Å²) in [6.07, 6.45) is 0.704. The van der Waals surface area contributed by atoms with Gasteiger partial charge in [0.1, 0.15) is 10.6 Å². The molecule has 0 unspecified atom stereocenters. The summed E-state index contributed by atoms with van der Waals surface area (Å²) in [5.74, 6) is 0.0882. The zero-order valence-corrected chi connectivity index (χ0v) is 11.9. The van der Waals surface area contributed by atoms with E-state index in [1.165, 1.54) is 23.5 Å². The Bertz CT molecular complexity index is 829. The Balaban J connectivity index is 2.35. The number of hydrogen-bond acceptors (Lipinski definition) is 6. The number of nitrogens with zero attached hydrogens (tertiary/aromatic N) is 2. The van der Waals surface area contributed by atoms with Crippen LogP contribution in [0.4, 0.5) is 16.0 Å². The van der Waals surface area contributed by atoms with Crippen LogP contribution in [0.5, 0.6) is 0 Å². The summed E-state index contributed by atoms with van der Waals surface area (Å²) < 4.78 is 13.1. The second-order valence-electron chi connectivity index (χ2n) is 4.33. The monoisotopic (exact) mass is 302 g/mol. The molecule has 0 saturated heterocycles. The number of aldehydes is 1. The second-order valence-corrected chi connectivity index (χ2v) is 5.36. The SMILES string of the molecule is CNc1nc(-c2ccc(F)cc2)c2c(N)c(C=O)sc2n1. The number of aromatic nitrogens is 2. The molecule has 2 heterocycles. The van der Waals surface area contributed by atoms with Gasteiger partial charge in [-0.2, -0.15) is 0 Å². The summed E-state index contributed by atoms with van der Waals surface area (Å²) in [5, 5.41) is 3.49. The maximum atomic E-state index is 13.1. The average Bonchev–Trinajstić information content (AvgIpc) is 2.83. The van der Waals surface area contributed by atoms with Crippen molar-refractivity contribution in [2.75, 3.05) is 18.1 Å². The lowest BCUT2D eigenvalue weighted by atomic mass is 10.1. The average molecular weight is 302 g/mol. The van der Waals surface area contributed by atoms with Gasteiger partial charge in [0.25, 0.3) is 0 Å². The van der Waals surface area contributed by atoms with Gasteiger partial charge < -0.3 is 11.1 Å². The predicted molar refractivity (Wildman–Crippen MR) is 82.2 cm³/mol. The van der Waals surface area contributed by atoms with Gasteiger partial charge in [0, 0.05) is 12.6 Å². The zero-order chi connectivity index (χ0) is 15.0. The van der Waals surface area contributed by atoms with Crippen molar-refractivity contribution in [2.45, 2.75) is 0 Å². The number of anilines is 2. The molecule has 3 aromatic rings. The normalized spacial score (nSPS) is 10.8. The quantitative estimate of drug-likeness (QED) is 0.727. The molecule has 106 valence electrons. The summed E-state index contributed by atoms with van der Waals surface area (Å²) >= 11 is 1.21. The van der Waals surface area contributed by atoms with Gasteiger partial charge in [-0.1, -0.05) is 0 Å². The molecular weight excluding hydrogens is 291 g/mol. The topological polar surface area (TPSA) is 80.9 Å². The first-order chi connectivity index (χ1) is 10.1. The Morgan fingerprint density at radius 3 is 2.62 bits per heavy atom. The molecule has 0 spiro atoms. The lowest BCUT2D eigenvalue weighted by Crippen LogP contribution is -1.99. The zero-order valence-electron chi connectivity index (χ0n) is 11.1. The molecule has 0 fully saturated rings. The van der Waals surface area contributed by atoms with Crippen molar-refractivity contribution < 1.29 is 9.18 Å². The molecule has 0 radical (unpaired) electrons. The van der Waals surface area contributed by atoms with Gasteiger partial charge in [-0.05, 0) is 24.3 Å². The second kappa shape index (κ2) is 5.10. The van der Waals surface area contributed by atoms with Crippen LogP contribution in [0.15, 0.2) is 24.3 Å². The third kappa shape index (κ3) is 2.21. The molecule has 3 rings (SSSR count). The maximum Gasteiger partial charge on any atom is 0.224 e. The number of rotatable bonds is 3. The standard InChI is InChI=1S/C14H11FN4OS/c1-17-14-18-12(7-2-4-8(15)5-3-7)10-11(16)9(6-20)21-13(10)19-14/h2-6H,16H2,1H3,(H,17,18,19). The summed E-state index contributed by atoms with van der Waals surface area (Å²) in [7, 11) is 1.70. The fraction of sp³-hybridized carbons (Fsp3) is 0.0714. The molecule has 1 aromatic carbocycles. The van der Waals surface area contributed by atoms with E-state index in [1.807, 2.05) is 0 Å². The van der Waals surface area contributed by atoms with Gasteiger partial charge in [-0.25, -0.2) is 14.4 Å². The van der Waals surface area contributed by atoms with Gasteiger partial charge in [-0.15, -0.1) is 11.3 Å². The van der Waals surface area contributed by atoms with E-state index in [2.05, 4.69) is 15.3 Å². The molecule has 0 aliphatic rings. The van der Waals surface area contributed by atoms with Gasteiger partial charge >= 0.3 is 0 Å². The van der Waals surface area contributed by atoms with Crippen molar-refractivity contribution in [2.24, 2.45) is 0 Å². The Morgan fingerprint density at radius 2 is 2.00 bits per heavy atom. The van der Waals surface area contributed by atoms with Crippen molar-refractivity contribution in [3.8, 4) is 11.3 Å². The number of carbonyl (C=O) groups is 1. The number of nitrogen functional groups attached to an aromatic ring is 1. The van der Waals surface area contributed by atoms with Crippen LogP contribution >= 0.6 is 11.3 Å². The molecule has 0 bridgehead atoms.